The van der Waals surface area contributed by atoms with Gasteiger partial charge < -0.3 is 10.4 Å². The maximum atomic E-state index is 9.59. The van der Waals surface area contributed by atoms with E-state index in [0.29, 0.717) is 6.54 Å². The van der Waals surface area contributed by atoms with E-state index in [-0.39, 0.29) is 0 Å². The average molecular weight is 267 g/mol. The lowest BCUT2D eigenvalue weighted by molar-refractivity contribution is 0.0796. The Morgan fingerprint density at radius 2 is 2.18 bits per heavy atom. The Morgan fingerprint density at radius 1 is 1.35 bits per heavy atom. The zero-order valence-corrected chi connectivity index (χ0v) is 11.7. The minimum absolute atomic E-state index is 0.610. The maximum absolute atomic E-state index is 9.59. The molecule has 2 nitrogen and oxygen atoms in total. The third-order valence-electron chi connectivity index (χ3n) is 2.32. The maximum Gasteiger partial charge on any atom is 0.0715 e. The smallest absolute Gasteiger partial charge is 0.0715 e. The van der Waals surface area contributed by atoms with E-state index in [1.54, 1.807) is 22.7 Å². The molecule has 0 saturated carbocycles. The van der Waals surface area contributed by atoms with Gasteiger partial charge in [-0.05, 0) is 36.7 Å². The molecule has 0 fully saturated rings. The predicted octanol–water partition coefficient (Wildman–Crippen LogP) is 3.34. The molecule has 0 saturated heterocycles. The van der Waals surface area contributed by atoms with Gasteiger partial charge in [0.05, 0.1) is 5.60 Å². The first-order valence-electron chi connectivity index (χ1n) is 5.59. The molecule has 2 N–H and O–H groups in total. The molecule has 0 aromatic carbocycles. The Balaban J connectivity index is 1.91. The molecule has 0 amide bonds. The van der Waals surface area contributed by atoms with E-state index >= 15 is 0 Å². The van der Waals surface area contributed by atoms with Crippen molar-refractivity contribution in [3.8, 4) is 10.4 Å². The van der Waals surface area contributed by atoms with Crippen LogP contribution in [0.1, 0.15) is 18.7 Å². The first-order chi connectivity index (χ1) is 8.04. The van der Waals surface area contributed by atoms with Crippen LogP contribution in [0.25, 0.3) is 10.4 Å². The van der Waals surface area contributed by atoms with Crippen LogP contribution in [0.5, 0.6) is 0 Å². The van der Waals surface area contributed by atoms with Crippen molar-refractivity contribution in [2.75, 3.05) is 6.54 Å². The zero-order valence-electron chi connectivity index (χ0n) is 10.1. The molecule has 0 atom stereocenters. The number of hydrogen-bond donors (Lipinski definition) is 2. The van der Waals surface area contributed by atoms with Crippen molar-refractivity contribution in [2.24, 2.45) is 0 Å². The molecule has 0 unspecified atom stereocenters. The minimum Gasteiger partial charge on any atom is -0.389 e. The molecule has 0 radical (unpaired) electrons. The fourth-order valence-corrected chi connectivity index (χ4v) is 3.18. The van der Waals surface area contributed by atoms with Gasteiger partial charge in [0.15, 0.2) is 0 Å². The molecule has 0 bridgehead atoms. The average Bonchev–Trinajstić information content (AvgIpc) is 2.83. The van der Waals surface area contributed by atoms with Gasteiger partial charge in [0.2, 0.25) is 0 Å². The molecule has 2 heterocycles. The zero-order chi connectivity index (χ0) is 12.3. The van der Waals surface area contributed by atoms with E-state index in [4.69, 9.17) is 0 Å². The van der Waals surface area contributed by atoms with Crippen LogP contribution in [0.15, 0.2) is 29.0 Å². The van der Waals surface area contributed by atoms with Gasteiger partial charge >= 0.3 is 0 Å². The first-order valence-corrected chi connectivity index (χ1v) is 7.35. The fraction of sp³-hybridized carbons (Fsp3) is 0.385. The monoisotopic (exact) mass is 267 g/mol. The van der Waals surface area contributed by atoms with Crippen molar-refractivity contribution in [1.82, 2.24) is 5.32 Å². The second kappa shape index (κ2) is 5.31. The molecule has 17 heavy (non-hydrogen) atoms. The third kappa shape index (κ3) is 3.92. The summed E-state index contributed by atoms with van der Waals surface area (Å²) in [7, 11) is 0. The van der Waals surface area contributed by atoms with E-state index in [0.717, 1.165) is 6.54 Å². The summed E-state index contributed by atoms with van der Waals surface area (Å²) in [6, 6.07) is 6.43. The summed E-state index contributed by atoms with van der Waals surface area (Å²) in [6.45, 7) is 5.05. The Hall–Kier alpha value is -0.680. The van der Waals surface area contributed by atoms with E-state index in [2.05, 4.69) is 34.3 Å². The molecule has 2 rings (SSSR count). The number of rotatable bonds is 5. The van der Waals surface area contributed by atoms with Crippen molar-refractivity contribution in [3.63, 3.8) is 0 Å². The molecule has 0 aliphatic carbocycles. The van der Waals surface area contributed by atoms with Gasteiger partial charge in [-0.25, -0.2) is 0 Å². The lowest BCUT2D eigenvalue weighted by Gasteiger charge is -2.17. The minimum atomic E-state index is -0.645. The molecule has 0 aliphatic rings. The SMILES string of the molecule is CC(C)(O)CNCc1cc(-c2cccs2)cs1. The van der Waals surface area contributed by atoms with Crippen LogP contribution < -0.4 is 5.32 Å². The van der Waals surface area contributed by atoms with Crippen LogP contribution in [0.3, 0.4) is 0 Å². The highest BCUT2D eigenvalue weighted by Gasteiger charge is 2.11. The number of thiophene rings is 2. The van der Waals surface area contributed by atoms with Crippen LogP contribution in [0.2, 0.25) is 0 Å². The highest BCUT2D eigenvalue weighted by Crippen LogP contribution is 2.29. The summed E-state index contributed by atoms with van der Waals surface area (Å²) in [5.74, 6) is 0. The number of aliphatic hydroxyl groups is 1. The summed E-state index contributed by atoms with van der Waals surface area (Å²) in [5.41, 5.74) is 0.651. The molecule has 2 aromatic rings. The molecule has 0 aliphatic heterocycles. The van der Waals surface area contributed by atoms with Crippen molar-refractivity contribution in [2.45, 2.75) is 26.0 Å². The van der Waals surface area contributed by atoms with Gasteiger partial charge in [0.25, 0.3) is 0 Å². The van der Waals surface area contributed by atoms with Crippen molar-refractivity contribution in [3.05, 3.63) is 33.8 Å². The number of hydrogen-bond acceptors (Lipinski definition) is 4. The topological polar surface area (TPSA) is 32.3 Å². The fourth-order valence-electron chi connectivity index (χ4n) is 1.54. The highest BCUT2D eigenvalue weighted by atomic mass is 32.1. The van der Waals surface area contributed by atoms with Gasteiger partial charge in [0, 0.05) is 28.4 Å². The standard InChI is InChI=1S/C13H17NOS2/c1-13(2,15)9-14-7-11-6-10(8-17-11)12-4-3-5-16-12/h3-6,8,14-15H,7,9H2,1-2H3. The Labute approximate surface area is 110 Å². The van der Waals surface area contributed by atoms with Crippen molar-refractivity contribution >= 4 is 22.7 Å². The first kappa shape index (κ1) is 12.8. The van der Waals surface area contributed by atoms with Crippen LogP contribution in [0.4, 0.5) is 0 Å². The van der Waals surface area contributed by atoms with Crippen molar-refractivity contribution in [1.29, 1.82) is 0 Å². The number of nitrogens with one attached hydrogen (secondary N) is 1. The Bertz CT molecular complexity index is 454. The molecular weight excluding hydrogens is 250 g/mol. The second-order valence-electron chi connectivity index (χ2n) is 4.69. The molecular formula is C13H17NOS2. The molecule has 0 spiro atoms. The Morgan fingerprint density at radius 3 is 2.82 bits per heavy atom. The largest absolute Gasteiger partial charge is 0.389 e. The van der Waals surface area contributed by atoms with Crippen LogP contribution in [-0.2, 0) is 6.54 Å². The summed E-state index contributed by atoms with van der Waals surface area (Å²) in [4.78, 5) is 2.62. The quantitative estimate of drug-likeness (QED) is 0.871. The summed E-state index contributed by atoms with van der Waals surface area (Å²) in [5, 5.41) is 17.1. The van der Waals surface area contributed by atoms with Crippen LogP contribution in [-0.4, -0.2) is 17.3 Å². The van der Waals surface area contributed by atoms with Gasteiger partial charge in [-0.15, -0.1) is 22.7 Å². The van der Waals surface area contributed by atoms with Gasteiger partial charge in [0.1, 0.15) is 0 Å². The van der Waals surface area contributed by atoms with Gasteiger partial charge in [-0.3, -0.25) is 0 Å². The highest BCUT2D eigenvalue weighted by molar-refractivity contribution is 7.14. The van der Waals surface area contributed by atoms with Gasteiger partial charge in [-0.2, -0.15) is 0 Å². The van der Waals surface area contributed by atoms with Crippen LogP contribution in [0, 0.1) is 0 Å². The van der Waals surface area contributed by atoms with E-state index in [1.807, 2.05) is 13.8 Å². The molecule has 2 aromatic heterocycles. The van der Waals surface area contributed by atoms with E-state index < -0.39 is 5.60 Å². The lowest BCUT2D eigenvalue weighted by Crippen LogP contribution is -2.34. The van der Waals surface area contributed by atoms with Gasteiger partial charge in [-0.1, -0.05) is 6.07 Å². The normalized spacial score (nSPS) is 11.9. The van der Waals surface area contributed by atoms with Crippen LogP contribution >= 0.6 is 22.7 Å². The Kier molecular flexibility index (Phi) is 3.99. The molecule has 4 heteroatoms. The summed E-state index contributed by atoms with van der Waals surface area (Å²) < 4.78 is 0. The van der Waals surface area contributed by atoms with Crippen molar-refractivity contribution < 1.29 is 5.11 Å². The van der Waals surface area contributed by atoms with E-state index in [1.165, 1.54) is 15.3 Å². The summed E-state index contributed by atoms with van der Waals surface area (Å²) in [6.07, 6.45) is 0. The van der Waals surface area contributed by atoms with E-state index in [9.17, 15) is 5.11 Å². The lowest BCUT2D eigenvalue weighted by atomic mass is 10.1. The third-order valence-corrected chi connectivity index (χ3v) is 4.17. The summed E-state index contributed by atoms with van der Waals surface area (Å²) >= 11 is 3.52. The molecule has 92 valence electrons. The second-order valence-corrected chi connectivity index (χ2v) is 6.64. The predicted molar refractivity (Wildman–Crippen MR) is 75.6 cm³/mol.